The van der Waals surface area contributed by atoms with E-state index in [1.165, 1.54) is 20.3 Å². The van der Waals surface area contributed by atoms with Crippen LogP contribution >= 0.6 is 0 Å². The first-order valence-corrected chi connectivity index (χ1v) is 11.2. The second-order valence-corrected chi connectivity index (χ2v) is 8.40. The Labute approximate surface area is 212 Å². The van der Waals surface area contributed by atoms with Gasteiger partial charge in [-0.25, -0.2) is 4.98 Å². The summed E-state index contributed by atoms with van der Waals surface area (Å²) in [5.74, 6) is 1.15. The molecule has 1 atom stereocenters. The highest BCUT2D eigenvalue weighted by Gasteiger charge is 2.47. The second kappa shape index (κ2) is 10.2. The first-order chi connectivity index (χ1) is 17.9. The fraction of sp³-hybridized carbons (Fsp3) is 0.375. The van der Waals surface area contributed by atoms with Crippen molar-refractivity contribution < 1.29 is 40.9 Å². The van der Waals surface area contributed by atoms with Gasteiger partial charge in [-0.2, -0.15) is 31.4 Å². The molecule has 2 heterocycles. The number of fused-ring (bicyclic) bond motifs is 1. The molecule has 1 unspecified atom stereocenters. The van der Waals surface area contributed by atoms with Gasteiger partial charge in [-0.1, -0.05) is 0 Å². The smallest absolute Gasteiger partial charge is 0.435 e. The van der Waals surface area contributed by atoms with Crippen molar-refractivity contribution in [1.29, 1.82) is 0 Å². The number of allylic oxidation sites excluding steroid dienone is 1. The van der Waals surface area contributed by atoms with Crippen LogP contribution in [0, 0.1) is 0 Å². The number of nitrogens with zero attached hydrogens (tertiary/aromatic N) is 5. The van der Waals surface area contributed by atoms with Gasteiger partial charge in [-0.05, 0) is 24.3 Å². The number of aliphatic hydroxyl groups is 1. The summed E-state index contributed by atoms with van der Waals surface area (Å²) in [5.41, 5.74) is -4.31. The van der Waals surface area contributed by atoms with Gasteiger partial charge >= 0.3 is 12.4 Å². The van der Waals surface area contributed by atoms with Crippen LogP contribution in [-0.4, -0.2) is 58.3 Å². The van der Waals surface area contributed by atoms with Gasteiger partial charge in [0.2, 0.25) is 0 Å². The highest BCUT2D eigenvalue weighted by molar-refractivity contribution is 5.82. The Morgan fingerprint density at radius 3 is 2.42 bits per heavy atom. The van der Waals surface area contributed by atoms with Crippen LogP contribution in [0.5, 0.6) is 0 Å². The number of anilines is 1. The third-order valence-electron chi connectivity index (χ3n) is 6.01. The molecular formula is C24H23F6N5O3. The fourth-order valence-electron chi connectivity index (χ4n) is 4.37. The fourth-order valence-corrected chi connectivity index (χ4v) is 4.37. The van der Waals surface area contributed by atoms with E-state index < -0.39 is 35.0 Å². The van der Waals surface area contributed by atoms with Crippen molar-refractivity contribution in [2.75, 3.05) is 32.3 Å². The molecule has 1 aromatic carbocycles. The zero-order valence-electron chi connectivity index (χ0n) is 20.4. The lowest BCUT2D eigenvalue weighted by atomic mass is 10.0. The Kier molecular flexibility index (Phi) is 7.28. The lowest BCUT2D eigenvalue weighted by molar-refractivity contribution is -0.143. The maximum atomic E-state index is 13.8. The molecule has 0 aliphatic heterocycles. The minimum atomic E-state index is -5.16. The molecule has 0 radical (unpaired) electrons. The highest BCUT2D eigenvalue weighted by atomic mass is 19.4. The van der Waals surface area contributed by atoms with Gasteiger partial charge in [-0.3, -0.25) is 9.67 Å². The molecule has 2 aromatic heterocycles. The summed E-state index contributed by atoms with van der Waals surface area (Å²) in [4.78, 5) is 9.99. The molecule has 0 saturated heterocycles. The van der Waals surface area contributed by atoms with Crippen molar-refractivity contribution >= 4 is 16.7 Å². The summed E-state index contributed by atoms with van der Waals surface area (Å²) in [7, 11) is 3.79. The third kappa shape index (κ3) is 5.26. The molecule has 0 spiro atoms. The molecule has 204 valence electrons. The second-order valence-electron chi connectivity index (χ2n) is 8.40. The van der Waals surface area contributed by atoms with E-state index in [0.717, 1.165) is 13.2 Å². The number of benzene rings is 1. The minimum absolute atomic E-state index is 0.0577. The van der Waals surface area contributed by atoms with E-state index in [1.807, 2.05) is 6.08 Å². The molecule has 0 bridgehead atoms. The number of aliphatic hydroxyl groups excluding tert-OH is 1. The van der Waals surface area contributed by atoms with Crippen molar-refractivity contribution in [3.8, 4) is 11.3 Å². The summed E-state index contributed by atoms with van der Waals surface area (Å²) in [6, 6.07) is 4.37. The molecule has 1 aliphatic rings. The van der Waals surface area contributed by atoms with E-state index in [9.17, 15) is 31.4 Å². The molecular weight excluding hydrogens is 520 g/mol. The zero-order valence-corrected chi connectivity index (χ0v) is 20.4. The van der Waals surface area contributed by atoms with Crippen molar-refractivity contribution in [1.82, 2.24) is 19.7 Å². The lowest BCUT2D eigenvalue weighted by Crippen LogP contribution is -2.38. The van der Waals surface area contributed by atoms with Gasteiger partial charge in [-0.15, -0.1) is 0 Å². The van der Waals surface area contributed by atoms with E-state index in [4.69, 9.17) is 9.47 Å². The number of aryl methyl sites for hydroxylation is 1. The Hall–Kier alpha value is -3.81. The summed E-state index contributed by atoms with van der Waals surface area (Å²) in [5, 5.41) is 12.8. The van der Waals surface area contributed by atoms with Crippen molar-refractivity contribution in [3.05, 3.63) is 59.5 Å². The first-order valence-electron chi connectivity index (χ1n) is 11.2. The largest absolute Gasteiger partial charge is 0.501 e. The highest BCUT2D eigenvalue weighted by Crippen LogP contribution is 2.43. The predicted molar refractivity (Wildman–Crippen MR) is 125 cm³/mol. The summed E-state index contributed by atoms with van der Waals surface area (Å²) >= 11 is 0. The first kappa shape index (κ1) is 27.2. The molecule has 0 amide bonds. The van der Waals surface area contributed by atoms with E-state index in [1.54, 1.807) is 23.1 Å². The Bertz CT molecular complexity index is 1400. The summed E-state index contributed by atoms with van der Waals surface area (Å²) in [6.45, 7) is -0.0746. The normalized spacial score (nSPS) is 16.3. The van der Waals surface area contributed by atoms with Crippen LogP contribution in [0.1, 0.15) is 17.8 Å². The molecule has 38 heavy (non-hydrogen) atoms. The SMILES string of the molecule is COC1=CC(N(CCO)c2ccc3ncc(-c4c(C(F)(F)F)nn(C)c4C(F)(F)F)nc3c2)CC(OC)=C1. The van der Waals surface area contributed by atoms with E-state index in [2.05, 4.69) is 15.1 Å². The predicted octanol–water partition coefficient (Wildman–Crippen LogP) is 4.70. The number of ether oxygens (including phenoxy) is 2. The van der Waals surface area contributed by atoms with Crippen molar-refractivity contribution in [2.45, 2.75) is 24.8 Å². The zero-order chi connectivity index (χ0) is 27.8. The van der Waals surface area contributed by atoms with E-state index in [0.29, 0.717) is 23.6 Å². The number of halogens is 6. The van der Waals surface area contributed by atoms with Crippen LogP contribution in [0.25, 0.3) is 22.3 Å². The van der Waals surface area contributed by atoms with Gasteiger partial charge in [0.1, 0.15) is 11.5 Å². The van der Waals surface area contributed by atoms with Gasteiger partial charge in [0, 0.05) is 31.8 Å². The van der Waals surface area contributed by atoms with Gasteiger partial charge in [0.25, 0.3) is 0 Å². The van der Waals surface area contributed by atoms with Crippen molar-refractivity contribution in [3.63, 3.8) is 0 Å². The van der Waals surface area contributed by atoms with Crippen LogP contribution in [-0.2, 0) is 28.9 Å². The Morgan fingerprint density at radius 2 is 1.82 bits per heavy atom. The van der Waals surface area contributed by atoms with Crippen LogP contribution in [0.3, 0.4) is 0 Å². The van der Waals surface area contributed by atoms with Gasteiger partial charge in [0.05, 0.1) is 55.4 Å². The topological polar surface area (TPSA) is 85.5 Å². The average Bonchev–Trinajstić information content (AvgIpc) is 3.24. The van der Waals surface area contributed by atoms with Crippen LogP contribution in [0.4, 0.5) is 32.0 Å². The number of rotatable bonds is 7. The summed E-state index contributed by atoms with van der Waals surface area (Å²) in [6.07, 6.45) is -5.48. The number of hydrogen-bond donors (Lipinski definition) is 1. The molecule has 1 N–H and O–H groups in total. The number of methoxy groups -OCH3 is 2. The lowest BCUT2D eigenvalue weighted by Gasteiger charge is -2.33. The van der Waals surface area contributed by atoms with E-state index in [-0.39, 0.29) is 34.9 Å². The molecule has 0 fully saturated rings. The molecule has 1 aliphatic carbocycles. The van der Waals surface area contributed by atoms with Gasteiger partial charge in [0.15, 0.2) is 11.4 Å². The van der Waals surface area contributed by atoms with E-state index >= 15 is 0 Å². The quantitative estimate of drug-likeness (QED) is 0.433. The average molecular weight is 543 g/mol. The van der Waals surface area contributed by atoms with Gasteiger partial charge < -0.3 is 19.5 Å². The number of aromatic nitrogens is 4. The standard InChI is InChI=1S/C24H23F6N5O3/c1-34-22(24(28,29)30)20(21(33-34)23(25,26)27)19-12-31-17-5-4-13(10-18(17)32-19)35(6-7-36)14-8-15(37-2)11-16(9-14)38-3/h4-5,8,10-12,14,36H,6-7,9H2,1-3H3. The van der Waals surface area contributed by atoms with Crippen LogP contribution < -0.4 is 4.90 Å². The molecule has 8 nitrogen and oxygen atoms in total. The molecule has 4 rings (SSSR count). The molecule has 14 heteroatoms. The monoisotopic (exact) mass is 543 g/mol. The third-order valence-corrected chi connectivity index (χ3v) is 6.01. The van der Waals surface area contributed by atoms with Crippen LogP contribution in [0.2, 0.25) is 0 Å². The Balaban J connectivity index is 1.84. The maximum Gasteiger partial charge on any atom is 0.435 e. The Morgan fingerprint density at radius 1 is 1.08 bits per heavy atom. The molecule has 3 aromatic rings. The molecule has 0 saturated carbocycles. The number of hydrogen-bond acceptors (Lipinski definition) is 7. The number of alkyl halides is 6. The van der Waals surface area contributed by atoms with Crippen molar-refractivity contribution in [2.24, 2.45) is 7.05 Å². The summed E-state index contributed by atoms with van der Waals surface area (Å²) < 4.78 is 93.1. The minimum Gasteiger partial charge on any atom is -0.501 e. The maximum absolute atomic E-state index is 13.8. The van der Waals surface area contributed by atoms with Crippen LogP contribution in [0.15, 0.2) is 48.1 Å².